The van der Waals surface area contributed by atoms with Gasteiger partial charge in [-0.3, -0.25) is 0 Å². The van der Waals surface area contributed by atoms with Crippen molar-refractivity contribution in [1.82, 2.24) is 9.97 Å². The van der Waals surface area contributed by atoms with Gasteiger partial charge in [-0.15, -0.1) is 0 Å². The summed E-state index contributed by atoms with van der Waals surface area (Å²) in [5.41, 5.74) is 12.4. The Kier molecular flexibility index (Phi) is 3.62. The lowest BCUT2D eigenvalue weighted by Gasteiger charge is -2.15. The summed E-state index contributed by atoms with van der Waals surface area (Å²) >= 11 is 0. The van der Waals surface area contributed by atoms with Crippen LogP contribution in [0.15, 0.2) is 6.07 Å². The first kappa shape index (κ1) is 13.6. The molecule has 0 unspecified atom stereocenters. The number of H-pyrrole nitrogens is 1. The number of aryl methyl sites for hydroxylation is 2. The van der Waals surface area contributed by atoms with Gasteiger partial charge in [-0.05, 0) is 50.5 Å². The number of nitrogens with two attached hydrogens (primary N) is 1. The molecule has 3 N–H and O–H groups in total. The van der Waals surface area contributed by atoms with E-state index in [1.54, 1.807) is 7.11 Å². The summed E-state index contributed by atoms with van der Waals surface area (Å²) in [4.78, 5) is 7.82. The number of methoxy groups -OCH3 is 1. The number of nitrogens with zero attached hydrogens (tertiary/aromatic N) is 1. The van der Waals surface area contributed by atoms with Crippen LogP contribution in [-0.4, -0.2) is 17.1 Å². The van der Waals surface area contributed by atoms with Crippen molar-refractivity contribution in [1.29, 1.82) is 0 Å². The van der Waals surface area contributed by atoms with Crippen molar-refractivity contribution < 1.29 is 4.74 Å². The number of aromatic nitrogens is 2. The average Bonchev–Trinajstić information content (AvgIpc) is 2.75. The van der Waals surface area contributed by atoms with Crippen LogP contribution in [0.25, 0.3) is 11.3 Å². The molecule has 0 amide bonds. The van der Waals surface area contributed by atoms with Gasteiger partial charge in [0.05, 0.1) is 19.3 Å². The topological polar surface area (TPSA) is 63.9 Å². The lowest BCUT2D eigenvalue weighted by Crippen LogP contribution is -1.99. The first-order valence-corrected chi connectivity index (χ1v) is 6.40. The number of rotatable bonds is 3. The Morgan fingerprint density at radius 2 is 1.89 bits per heavy atom. The van der Waals surface area contributed by atoms with Crippen molar-refractivity contribution in [2.75, 3.05) is 7.11 Å². The van der Waals surface area contributed by atoms with Gasteiger partial charge in [0, 0.05) is 11.3 Å². The van der Waals surface area contributed by atoms with E-state index in [0.717, 1.165) is 34.1 Å². The molecule has 0 atom stereocenters. The van der Waals surface area contributed by atoms with E-state index >= 15 is 0 Å². The smallest absolute Gasteiger partial charge is 0.122 e. The molecular formula is C15H21N3O. The van der Waals surface area contributed by atoms with Gasteiger partial charge in [-0.1, -0.05) is 0 Å². The predicted octanol–water partition coefficient (Wildman–Crippen LogP) is 2.78. The molecule has 102 valence electrons. The summed E-state index contributed by atoms with van der Waals surface area (Å²) in [7, 11) is 1.70. The molecule has 0 spiro atoms. The summed E-state index contributed by atoms with van der Waals surface area (Å²) < 4.78 is 5.41. The molecular weight excluding hydrogens is 238 g/mol. The third-order valence-electron chi connectivity index (χ3n) is 3.63. The molecule has 0 saturated carbocycles. The van der Waals surface area contributed by atoms with Crippen molar-refractivity contribution in [3.8, 4) is 17.0 Å². The van der Waals surface area contributed by atoms with Crippen LogP contribution < -0.4 is 10.5 Å². The molecule has 4 nitrogen and oxygen atoms in total. The van der Waals surface area contributed by atoms with Gasteiger partial charge in [-0.25, -0.2) is 4.98 Å². The molecule has 2 rings (SSSR count). The summed E-state index contributed by atoms with van der Waals surface area (Å²) in [6.45, 7) is 8.72. The van der Waals surface area contributed by atoms with Gasteiger partial charge in [0.15, 0.2) is 0 Å². The fourth-order valence-corrected chi connectivity index (χ4v) is 2.48. The minimum atomic E-state index is 0.425. The van der Waals surface area contributed by atoms with Gasteiger partial charge in [0.25, 0.3) is 0 Å². The third-order valence-corrected chi connectivity index (χ3v) is 3.63. The van der Waals surface area contributed by atoms with Gasteiger partial charge < -0.3 is 15.5 Å². The van der Waals surface area contributed by atoms with Crippen LogP contribution in [0.3, 0.4) is 0 Å². The molecule has 0 fully saturated rings. The van der Waals surface area contributed by atoms with Crippen molar-refractivity contribution in [2.24, 2.45) is 5.73 Å². The highest BCUT2D eigenvalue weighted by Crippen LogP contribution is 2.34. The van der Waals surface area contributed by atoms with Crippen LogP contribution in [0.4, 0.5) is 0 Å². The largest absolute Gasteiger partial charge is 0.496 e. The molecule has 19 heavy (non-hydrogen) atoms. The molecule has 1 heterocycles. The van der Waals surface area contributed by atoms with Crippen LogP contribution in [0, 0.1) is 27.7 Å². The molecule has 1 aromatic carbocycles. The molecule has 4 heteroatoms. The molecule has 0 aliphatic heterocycles. The van der Waals surface area contributed by atoms with E-state index in [1.807, 2.05) is 6.92 Å². The van der Waals surface area contributed by atoms with Gasteiger partial charge in [-0.2, -0.15) is 0 Å². The predicted molar refractivity (Wildman–Crippen MR) is 77.4 cm³/mol. The molecule has 0 radical (unpaired) electrons. The Balaban J connectivity index is 2.68. The SMILES string of the molecule is COc1cc(C)c(-c2nc(CN)[nH]c2C)c(C)c1C. The van der Waals surface area contributed by atoms with Crippen molar-refractivity contribution >= 4 is 0 Å². The van der Waals surface area contributed by atoms with Crippen LogP contribution in [0.1, 0.15) is 28.2 Å². The summed E-state index contributed by atoms with van der Waals surface area (Å²) in [5, 5.41) is 0. The lowest BCUT2D eigenvalue weighted by molar-refractivity contribution is 0.411. The Morgan fingerprint density at radius 1 is 1.21 bits per heavy atom. The summed E-state index contributed by atoms with van der Waals surface area (Å²) in [6, 6.07) is 2.06. The van der Waals surface area contributed by atoms with Crippen molar-refractivity contribution in [2.45, 2.75) is 34.2 Å². The first-order chi connectivity index (χ1) is 8.99. The van der Waals surface area contributed by atoms with Crippen molar-refractivity contribution in [3.05, 3.63) is 34.3 Å². The fraction of sp³-hybridized carbons (Fsp3) is 0.400. The number of imidazole rings is 1. The van der Waals surface area contributed by atoms with E-state index in [4.69, 9.17) is 10.5 Å². The van der Waals surface area contributed by atoms with E-state index in [1.165, 1.54) is 11.1 Å². The van der Waals surface area contributed by atoms with Crippen molar-refractivity contribution in [3.63, 3.8) is 0 Å². The molecule has 2 aromatic rings. The van der Waals surface area contributed by atoms with E-state index in [0.29, 0.717) is 6.54 Å². The maximum absolute atomic E-state index is 5.65. The van der Waals surface area contributed by atoms with Crippen LogP contribution >= 0.6 is 0 Å². The third kappa shape index (κ3) is 2.24. The summed E-state index contributed by atoms with van der Waals surface area (Å²) in [6.07, 6.45) is 0. The Labute approximate surface area is 114 Å². The standard InChI is InChI=1S/C15H21N3O/c1-8-6-12(19-5)9(2)10(3)14(8)15-11(4)17-13(7-16)18-15/h6H,7,16H2,1-5H3,(H,17,18). The quantitative estimate of drug-likeness (QED) is 0.890. The highest BCUT2D eigenvalue weighted by atomic mass is 16.5. The molecule has 0 saturated heterocycles. The van der Waals surface area contributed by atoms with Crippen LogP contribution in [0.5, 0.6) is 5.75 Å². The average molecular weight is 259 g/mol. The van der Waals surface area contributed by atoms with Gasteiger partial charge >= 0.3 is 0 Å². The maximum Gasteiger partial charge on any atom is 0.122 e. The Morgan fingerprint density at radius 3 is 2.42 bits per heavy atom. The summed E-state index contributed by atoms with van der Waals surface area (Å²) in [5.74, 6) is 1.74. The number of ether oxygens (including phenoxy) is 1. The lowest BCUT2D eigenvalue weighted by atomic mass is 9.94. The second kappa shape index (κ2) is 5.05. The highest BCUT2D eigenvalue weighted by molar-refractivity contribution is 5.72. The Bertz CT molecular complexity index is 614. The zero-order valence-corrected chi connectivity index (χ0v) is 12.2. The maximum atomic E-state index is 5.65. The molecule has 1 aromatic heterocycles. The van der Waals surface area contributed by atoms with Crippen LogP contribution in [0.2, 0.25) is 0 Å². The zero-order valence-electron chi connectivity index (χ0n) is 12.2. The fourth-order valence-electron chi connectivity index (χ4n) is 2.48. The van der Waals surface area contributed by atoms with Gasteiger partial charge in [0.1, 0.15) is 11.6 Å². The van der Waals surface area contributed by atoms with E-state index in [9.17, 15) is 0 Å². The van der Waals surface area contributed by atoms with E-state index in [2.05, 4.69) is 36.8 Å². The second-order valence-corrected chi connectivity index (χ2v) is 4.88. The number of benzene rings is 1. The minimum absolute atomic E-state index is 0.425. The van der Waals surface area contributed by atoms with E-state index in [-0.39, 0.29) is 0 Å². The number of nitrogens with one attached hydrogen (secondary N) is 1. The number of hydrogen-bond donors (Lipinski definition) is 2. The number of hydrogen-bond acceptors (Lipinski definition) is 3. The normalized spacial score (nSPS) is 10.8. The molecule has 0 aliphatic carbocycles. The molecule has 0 aliphatic rings. The monoisotopic (exact) mass is 259 g/mol. The van der Waals surface area contributed by atoms with E-state index < -0.39 is 0 Å². The Hall–Kier alpha value is -1.81. The number of aromatic amines is 1. The van der Waals surface area contributed by atoms with Gasteiger partial charge in [0.2, 0.25) is 0 Å². The molecule has 0 bridgehead atoms. The van der Waals surface area contributed by atoms with Crippen LogP contribution in [-0.2, 0) is 6.54 Å². The first-order valence-electron chi connectivity index (χ1n) is 6.40. The highest BCUT2D eigenvalue weighted by Gasteiger charge is 2.16. The zero-order chi connectivity index (χ0) is 14.2. The minimum Gasteiger partial charge on any atom is -0.496 e. The second-order valence-electron chi connectivity index (χ2n) is 4.88.